The van der Waals surface area contributed by atoms with Crippen molar-refractivity contribution in [2.45, 2.75) is 38.6 Å². The van der Waals surface area contributed by atoms with E-state index in [1.807, 2.05) is 31.2 Å². The zero-order chi connectivity index (χ0) is 14.3. The number of hydrogen-bond donors (Lipinski definition) is 1. The Morgan fingerprint density at radius 2 is 1.74 bits per heavy atom. The quantitative estimate of drug-likeness (QED) is 0.897. The van der Waals surface area contributed by atoms with Crippen LogP contribution in [0.15, 0.2) is 29.4 Å². The number of halogens is 3. The molecule has 0 saturated heterocycles. The number of nitrogens with zero attached hydrogens (tertiary/aromatic N) is 1. The van der Waals surface area contributed by atoms with Crippen LogP contribution in [0.25, 0.3) is 0 Å². The van der Waals surface area contributed by atoms with Crippen molar-refractivity contribution >= 4 is 5.84 Å². The van der Waals surface area contributed by atoms with Gasteiger partial charge in [0.15, 0.2) is 5.84 Å². The normalized spacial score (nSPS) is 19.7. The van der Waals surface area contributed by atoms with E-state index in [9.17, 15) is 13.2 Å². The summed E-state index contributed by atoms with van der Waals surface area (Å²) in [5.74, 6) is 0.179. The van der Waals surface area contributed by atoms with Crippen LogP contribution in [0.2, 0.25) is 0 Å². The predicted molar refractivity (Wildman–Crippen MR) is 65.7 cm³/mol. The molecule has 0 aromatic heterocycles. The molecule has 0 spiro atoms. The van der Waals surface area contributed by atoms with Crippen LogP contribution < -0.4 is 5.32 Å². The summed E-state index contributed by atoms with van der Waals surface area (Å²) in [5, 5.41) is 5.83. The fourth-order valence-electron chi connectivity index (χ4n) is 1.83. The molecule has 1 unspecified atom stereocenters. The minimum Gasteiger partial charge on any atom is -0.359 e. The molecule has 0 fully saturated rings. The molecule has 0 aliphatic carbocycles. The van der Waals surface area contributed by atoms with Gasteiger partial charge in [-0.3, -0.25) is 0 Å². The molecule has 1 aromatic rings. The van der Waals surface area contributed by atoms with E-state index >= 15 is 0 Å². The lowest BCUT2D eigenvalue weighted by Crippen LogP contribution is -2.47. The molecule has 2 rings (SSSR count). The van der Waals surface area contributed by atoms with Crippen LogP contribution in [-0.4, -0.2) is 18.2 Å². The van der Waals surface area contributed by atoms with Crippen LogP contribution in [0.4, 0.5) is 13.2 Å². The fraction of sp³-hybridized carbons (Fsp3) is 0.462. The number of nitrogens with one attached hydrogen (secondary N) is 1. The standard InChI is InChI=1S/C13H15F3N2O/c1-8-4-6-9(7-5-8)12(2,3)10-17-11(19-18-10)13(14,15)16/h4-7,11H,1-3H3,(H,17,18). The van der Waals surface area contributed by atoms with Gasteiger partial charge in [-0.05, 0) is 26.3 Å². The van der Waals surface area contributed by atoms with Crippen LogP contribution in [-0.2, 0) is 10.3 Å². The molecule has 1 atom stereocenters. The Kier molecular flexibility index (Phi) is 3.20. The van der Waals surface area contributed by atoms with Crippen LogP contribution in [0.1, 0.15) is 25.0 Å². The molecule has 19 heavy (non-hydrogen) atoms. The molecule has 104 valence electrons. The number of amidine groups is 1. The Balaban J connectivity index is 2.20. The van der Waals surface area contributed by atoms with Gasteiger partial charge >= 0.3 is 6.18 Å². The minimum absolute atomic E-state index is 0.179. The molecule has 1 aromatic carbocycles. The van der Waals surface area contributed by atoms with E-state index in [2.05, 4.69) is 15.3 Å². The van der Waals surface area contributed by atoms with E-state index in [1.54, 1.807) is 13.8 Å². The second-order valence-electron chi connectivity index (χ2n) is 5.10. The van der Waals surface area contributed by atoms with Crippen molar-refractivity contribution < 1.29 is 18.0 Å². The van der Waals surface area contributed by atoms with Crippen LogP contribution in [0.5, 0.6) is 0 Å². The first kappa shape index (κ1) is 13.7. The summed E-state index contributed by atoms with van der Waals surface area (Å²) in [6, 6.07) is 7.57. The molecule has 1 aliphatic heterocycles. The molecule has 6 heteroatoms. The molecule has 0 radical (unpaired) electrons. The van der Waals surface area contributed by atoms with E-state index in [4.69, 9.17) is 0 Å². The molecule has 0 amide bonds. The highest BCUT2D eigenvalue weighted by atomic mass is 19.4. The summed E-state index contributed by atoms with van der Waals surface area (Å²) in [6.07, 6.45) is -6.54. The van der Waals surface area contributed by atoms with E-state index in [1.165, 1.54) is 0 Å². The third-order valence-corrected chi connectivity index (χ3v) is 3.18. The lowest BCUT2D eigenvalue weighted by atomic mass is 9.83. The first-order valence-corrected chi connectivity index (χ1v) is 5.86. The minimum atomic E-state index is -4.48. The van der Waals surface area contributed by atoms with Crippen molar-refractivity contribution in [2.75, 3.05) is 0 Å². The van der Waals surface area contributed by atoms with E-state index in [0.29, 0.717) is 0 Å². The number of oxime groups is 1. The van der Waals surface area contributed by atoms with E-state index in [-0.39, 0.29) is 5.84 Å². The summed E-state index contributed by atoms with van der Waals surface area (Å²) >= 11 is 0. The van der Waals surface area contributed by atoms with Crippen molar-refractivity contribution in [1.29, 1.82) is 0 Å². The molecule has 1 aliphatic rings. The first-order valence-electron chi connectivity index (χ1n) is 5.86. The van der Waals surface area contributed by atoms with Crippen molar-refractivity contribution in [1.82, 2.24) is 5.32 Å². The summed E-state index contributed by atoms with van der Waals surface area (Å²) in [6.45, 7) is 5.54. The predicted octanol–water partition coefficient (Wildman–Crippen LogP) is 3.09. The van der Waals surface area contributed by atoms with Gasteiger partial charge < -0.3 is 10.2 Å². The van der Waals surface area contributed by atoms with Gasteiger partial charge in [0, 0.05) is 0 Å². The van der Waals surface area contributed by atoms with Gasteiger partial charge in [0.2, 0.25) is 0 Å². The second-order valence-corrected chi connectivity index (χ2v) is 5.10. The second kappa shape index (κ2) is 4.43. The lowest BCUT2D eigenvalue weighted by molar-refractivity contribution is -0.218. The van der Waals surface area contributed by atoms with Crippen LogP contribution >= 0.6 is 0 Å². The average molecular weight is 272 g/mol. The molecular formula is C13H15F3N2O. The van der Waals surface area contributed by atoms with Crippen LogP contribution in [0, 0.1) is 6.92 Å². The van der Waals surface area contributed by atoms with Crippen molar-refractivity contribution in [2.24, 2.45) is 5.16 Å². The highest BCUT2D eigenvalue weighted by Crippen LogP contribution is 2.30. The SMILES string of the molecule is Cc1ccc(C(C)(C)C2=NOC(C(F)(F)F)N2)cc1. The first-order chi connectivity index (χ1) is 8.71. The van der Waals surface area contributed by atoms with Gasteiger partial charge in [0.1, 0.15) is 0 Å². The maximum atomic E-state index is 12.5. The number of hydrogen-bond acceptors (Lipinski definition) is 3. The zero-order valence-corrected chi connectivity index (χ0v) is 10.9. The highest BCUT2D eigenvalue weighted by molar-refractivity contribution is 5.92. The number of rotatable bonds is 2. The third-order valence-electron chi connectivity index (χ3n) is 3.18. The van der Waals surface area contributed by atoms with Crippen molar-refractivity contribution in [3.05, 3.63) is 35.4 Å². The summed E-state index contributed by atoms with van der Waals surface area (Å²) in [4.78, 5) is 4.41. The van der Waals surface area contributed by atoms with Gasteiger partial charge in [-0.25, -0.2) is 0 Å². The topological polar surface area (TPSA) is 33.6 Å². The van der Waals surface area contributed by atoms with Gasteiger partial charge in [-0.1, -0.05) is 35.0 Å². The van der Waals surface area contributed by atoms with Gasteiger partial charge in [0.25, 0.3) is 6.23 Å². The number of benzene rings is 1. The summed E-state index contributed by atoms with van der Waals surface area (Å²) in [7, 11) is 0. The Morgan fingerprint density at radius 1 is 1.16 bits per heavy atom. The molecule has 3 nitrogen and oxygen atoms in total. The maximum Gasteiger partial charge on any atom is 0.448 e. The smallest absolute Gasteiger partial charge is 0.359 e. The Hall–Kier alpha value is -1.72. The summed E-state index contributed by atoms with van der Waals surface area (Å²) in [5.41, 5.74) is 1.29. The van der Waals surface area contributed by atoms with Gasteiger partial charge in [0.05, 0.1) is 5.41 Å². The largest absolute Gasteiger partial charge is 0.448 e. The fourth-order valence-corrected chi connectivity index (χ4v) is 1.83. The van der Waals surface area contributed by atoms with E-state index < -0.39 is 17.8 Å². The Morgan fingerprint density at radius 3 is 2.21 bits per heavy atom. The maximum absolute atomic E-state index is 12.5. The zero-order valence-electron chi connectivity index (χ0n) is 10.9. The lowest BCUT2D eigenvalue weighted by Gasteiger charge is -2.25. The Bertz CT molecular complexity index is 492. The molecule has 1 N–H and O–H groups in total. The van der Waals surface area contributed by atoms with Crippen LogP contribution in [0.3, 0.4) is 0 Å². The molecular weight excluding hydrogens is 257 g/mol. The third kappa shape index (κ3) is 2.67. The van der Waals surface area contributed by atoms with E-state index in [0.717, 1.165) is 11.1 Å². The molecule has 1 heterocycles. The molecule has 0 saturated carbocycles. The summed E-state index contributed by atoms with van der Waals surface area (Å²) < 4.78 is 37.6. The van der Waals surface area contributed by atoms with Gasteiger partial charge in [-0.2, -0.15) is 13.2 Å². The number of aryl methyl sites for hydroxylation is 1. The molecule has 0 bridgehead atoms. The monoisotopic (exact) mass is 272 g/mol. The Labute approximate surface area is 109 Å². The van der Waals surface area contributed by atoms with Crippen molar-refractivity contribution in [3.63, 3.8) is 0 Å². The van der Waals surface area contributed by atoms with Gasteiger partial charge in [-0.15, -0.1) is 0 Å². The number of alkyl halides is 3. The van der Waals surface area contributed by atoms with Crippen molar-refractivity contribution in [3.8, 4) is 0 Å². The highest BCUT2D eigenvalue weighted by Gasteiger charge is 2.48. The average Bonchev–Trinajstić information content (AvgIpc) is 2.79.